The molecule has 0 spiro atoms. The van der Waals surface area contributed by atoms with Gasteiger partial charge in [-0.05, 0) is 17.7 Å². The number of rotatable bonds is 1. The molecule has 2 aliphatic rings. The third-order valence-electron chi connectivity index (χ3n) is 2.90. The smallest absolute Gasteiger partial charge is 0.257 e. The van der Waals surface area contributed by atoms with Crippen molar-refractivity contribution in [2.75, 3.05) is 12.3 Å². The molecule has 0 saturated heterocycles. The molecule has 0 unspecified atom stereocenters. The van der Waals surface area contributed by atoms with Crippen LogP contribution in [-0.2, 0) is 10.0 Å². The Morgan fingerprint density at radius 3 is 2.74 bits per heavy atom. The van der Waals surface area contributed by atoms with E-state index in [1.807, 2.05) is 22.4 Å². The van der Waals surface area contributed by atoms with E-state index < -0.39 is 10.0 Å². The molecule has 0 aliphatic carbocycles. The molecule has 1 aromatic rings. The molecule has 19 heavy (non-hydrogen) atoms. The minimum Gasteiger partial charge on any atom is -0.318 e. The Bertz CT molecular complexity index is 727. The summed E-state index contributed by atoms with van der Waals surface area (Å²) in [5.74, 6) is 0.0324. The Morgan fingerprint density at radius 2 is 2.05 bits per heavy atom. The fraction of sp³-hybridized carbons (Fsp3) is 0.167. The van der Waals surface area contributed by atoms with Gasteiger partial charge >= 0.3 is 0 Å². The van der Waals surface area contributed by atoms with Gasteiger partial charge in [-0.3, -0.25) is 0 Å². The van der Waals surface area contributed by atoms with Gasteiger partial charge in [-0.1, -0.05) is 23.9 Å². The van der Waals surface area contributed by atoms with Gasteiger partial charge in [-0.2, -0.15) is 5.26 Å². The van der Waals surface area contributed by atoms with E-state index in [0.29, 0.717) is 17.3 Å². The molecule has 3 rings (SSSR count). The van der Waals surface area contributed by atoms with Crippen molar-refractivity contribution in [1.29, 1.82) is 5.26 Å². The van der Waals surface area contributed by atoms with Crippen LogP contribution >= 0.6 is 11.8 Å². The van der Waals surface area contributed by atoms with Crippen molar-refractivity contribution in [3.05, 3.63) is 40.8 Å². The van der Waals surface area contributed by atoms with Gasteiger partial charge in [0, 0.05) is 12.0 Å². The Morgan fingerprint density at radius 1 is 1.32 bits per heavy atom. The molecular weight excluding hydrogens is 282 g/mol. The predicted molar refractivity (Wildman–Crippen MR) is 74.7 cm³/mol. The molecule has 0 saturated carbocycles. The number of nitrogens with zero attached hydrogens (tertiary/aromatic N) is 3. The van der Waals surface area contributed by atoms with Crippen LogP contribution < -0.4 is 0 Å². The summed E-state index contributed by atoms with van der Waals surface area (Å²) in [6.07, 6.45) is 0. The SMILES string of the molecule is N#Cc1ccc(C2=CSC3=NS(=O)(=O)CCN23)cc1. The maximum absolute atomic E-state index is 11.4. The van der Waals surface area contributed by atoms with Crippen molar-refractivity contribution in [1.82, 2.24) is 4.90 Å². The average molecular weight is 291 g/mol. The van der Waals surface area contributed by atoms with Crippen LogP contribution in [0.25, 0.3) is 5.70 Å². The van der Waals surface area contributed by atoms with Crippen molar-refractivity contribution in [2.24, 2.45) is 4.40 Å². The van der Waals surface area contributed by atoms with Crippen LogP contribution in [0.1, 0.15) is 11.1 Å². The number of hydrogen-bond acceptors (Lipinski definition) is 5. The second-order valence-corrected chi connectivity index (χ2v) is 6.71. The number of benzene rings is 1. The molecule has 0 N–H and O–H groups in total. The maximum atomic E-state index is 11.4. The van der Waals surface area contributed by atoms with Gasteiger partial charge in [0.2, 0.25) is 0 Å². The van der Waals surface area contributed by atoms with E-state index in [1.54, 1.807) is 12.1 Å². The normalized spacial score (nSPS) is 20.3. The van der Waals surface area contributed by atoms with E-state index in [0.717, 1.165) is 11.3 Å². The number of amidine groups is 1. The quantitative estimate of drug-likeness (QED) is 0.786. The van der Waals surface area contributed by atoms with Crippen LogP contribution in [0.2, 0.25) is 0 Å². The first kappa shape index (κ1) is 12.3. The van der Waals surface area contributed by atoms with Crippen molar-refractivity contribution < 1.29 is 8.42 Å². The summed E-state index contributed by atoms with van der Waals surface area (Å²) in [6.45, 7) is 0.417. The van der Waals surface area contributed by atoms with Crippen molar-refractivity contribution in [3.63, 3.8) is 0 Å². The highest BCUT2D eigenvalue weighted by atomic mass is 32.2. The van der Waals surface area contributed by atoms with Gasteiger partial charge in [0.1, 0.15) is 0 Å². The summed E-state index contributed by atoms with van der Waals surface area (Å²) >= 11 is 1.31. The van der Waals surface area contributed by atoms with Gasteiger partial charge in [0.05, 0.1) is 23.1 Å². The first-order valence-electron chi connectivity index (χ1n) is 5.57. The molecular formula is C12H9N3O2S2. The van der Waals surface area contributed by atoms with E-state index >= 15 is 0 Å². The number of nitriles is 1. The van der Waals surface area contributed by atoms with Crippen molar-refractivity contribution >= 4 is 32.6 Å². The second kappa shape index (κ2) is 4.40. The number of fused-ring (bicyclic) bond motifs is 1. The Hall–Kier alpha value is -1.78. The third-order valence-corrected chi connectivity index (χ3v) is 5.03. The fourth-order valence-corrected chi connectivity index (χ4v) is 4.09. The summed E-state index contributed by atoms with van der Waals surface area (Å²) in [5.41, 5.74) is 2.49. The van der Waals surface area contributed by atoms with Crippen LogP contribution in [0, 0.1) is 11.3 Å². The summed E-state index contributed by atoms with van der Waals surface area (Å²) < 4.78 is 26.6. The van der Waals surface area contributed by atoms with Crippen LogP contribution in [0.15, 0.2) is 34.1 Å². The molecule has 0 atom stereocenters. The first-order valence-corrected chi connectivity index (χ1v) is 8.05. The molecule has 1 aromatic carbocycles. The lowest BCUT2D eigenvalue weighted by molar-refractivity contribution is 0.567. The number of hydrogen-bond donors (Lipinski definition) is 0. The highest BCUT2D eigenvalue weighted by Crippen LogP contribution is 2.35. The monoisotopic (exact) mass is 291 g/mol. The van der Waals surface area contributed by atoms with E-state index in [-0.39, 0.29) is 5.75 Å². The lowest BCUT2D eigenvalue weighted by atomic mass is 10.1. The van der Waals surface area contributed by atoms with Gasteiger partial charge in [0.25, 0.3) is 10.0 Å². The van der Waals surface area contributed by atoms with Crippen LogP contribution in [0.5, 0.6) is 0 Å². The van der Waals surface area contributed by atoms with Crippen molar-refractivity contribution in [2.45, 2.75) is 0 Å². The van der Waals surface area contributed by atoms with Gasteiger partial charge in [0.15, 0.2) is 5.17 Å². The van der Waals surface area contributed by atoms with Gasteiger partial charge in [-0.15, -0.1) is 4.40 Å². The molecule has 5 nitrogen and oxygen atoms in total. The topological polar surface area (TPSA) is 73.5 Å². The lowest BCUT2D eigenvalue weighted by Gasteiger charge is -2.25. The van der Waals surface area contributed by atoms with Crippen LogP contribution in [0.4, 0.5) is 0 Å². The second-order valence-electron chi connectivity index (χ2n) is 4.12. The minimum atomic E-state index is -3.30. The van der Waals surface area contributed by atoms with E-state index in [1.165, 1.54) is 11.8 Å². The van der Waals surface area contributed by atoms with E-state index in [2.05, 4.69) is 10.5 Å². The third kappa shape index (κ3) is 2.25. The number of thioether (sulfide) groups is 1. The first-order chi connectivity index (χ1) is 9.09. The molecule has 2 heterocycles. The molecule has 0 radical (unpaired) electrons. The molecule has 0 bridgehead atoms. The Balaban J connectivity index is 1.94. The number of sulfonamides is 1. The molecule has 0 aromatic heterocycles. The molecule has 96 valence electrons. The zero-order valence-electron chi connectivity index (χ0n) is 9.78. The fourth-order valence-electron chi connectivity index (χ4n) is 1.94. The Kier molecular flexibility index (Phi) is 2.84. The Labute approximate surface area is 115 Å². The summed E-state index contributed by atoms with van der Waals surface area (Å²) in [7, 11) is -3.30. The van der Waals surface area contributed by atoms with Gasteiger partial charge < -0.3 is 4.90 Å². The largest absolute Gasteiger partial charge is 0.318 e. The average Bonchev–Trinajstić information content (AvgIpc) is 2.80. The molecule has 0 fully saturated rings. The summed E-state index contributed by atoms with van der Waals surface area (Å²) in [6, 6.07) is 9.28. The zero-order valence-corrected chi connectivity index (χ0v) is 11.4. The molecule has 0 amide bonds. The predicted octanol–water partition coefficient (Wildman–Crippen LogP) is 1.60. The standard InChI is InChI=1S/C12H9N3O2S2/c13-7-9-1-3-10(4-2-9)11-8-18-12-14-19(16,17)6-5-15(11)12/h1-4,8H,5-6H2. The maximum Gasteiger partial charge on any atom is 0.257 e. The minimum absolute atomic E-state index is 0.0324. The molecule has 2 aliphatic heterocycles. The zero-order chi connectivity index (χ0) is 13.5. The highest BCUT2D eigenvalue weighted by molar-refractivity contribution is 8.17. The van der Waals surface area contributed by atoms with Crippen LogP contribution in [0.3, 0.4) is 0 Å². The van der Waals surface area contributed by atoms with Crippen LogP contribution in [-0.4, -0.2) is 30.8 Å². The molecule has 7 heteroatoms. The van der Waals surface area contributed by atoms with Crippen molar-refractivity contribution in [3.8, 4) is 6.07 Å². The van der Waals surface area contributed by atoms with Gasteiger partial charge in [-0.25, -0.2) is 8.42 Å². The summed E-state index contributed by atoms with van der Waals surface area (Å²) in [5, 5.41) is 11.2. The highest BCUT2D eigenvalue weighted by Gasteiger charge is 2.31. The van der Waals surface area contributed by atoms with E-state index in [4.69, 9.17) is 5.26 Å². The lowest BCUT2D eigenvalue weighted by Crippen LogP contribution is -2.34. The van der Waals surface area contributed by atoms with E-state index in [9.17, 15) is 8.42 Å². The summed E-state index contributed by atoms with van der Waals surface area (Å²) in [4.78, 5) is 1.90.